The minimum atomic E-state index is -2.35. The number of nitrogens with one attached hydrogen (secondary N) is 1. The highest BCUT2D eigenvalue weighted by molar-refractivity contribution is 9.10. The zero-order valence-electron chi connectivity index (χ0n) is 14.4. The van der Waals surface area contributed by atoms with Crippen LogP contribution in [0.5, 0.6) is 0 Å². The van der Waals surface area contributed by atoms with Gasteiger partial charge in [0.25, 0.3) is 0 Å². The van der Waals surface area contributed by atoms with Gasteiger partial charge >= 0.3 is 5.69 Å². The van der Waals surface area contributed by atoms with Crippen molar-refractivity contribution in [2.75, 3.05) is 18.4 Å². The highest BCUT2D eigenvalue weighted by Crippen LogP contribution is 2.30. The number of nitro groups is 1. The fourth-order valence-corrected chi connectivity index (χ4v) is 2.33. The maximum atomic E-state index is 13.7. The number of halogens is 2. The van der Waals surface area contributed by atoms with Crippen LogP contribution in [0.15, 0.2) is 46.9 Å². The van der Waals surface area contributed by atoms with E-state index in [9.17, 15) is 19.6 Å². The molecule has 6 nitrogen and oxygen atoms in total. The van der Waals surface area contributed by atoms with E-state index in [2.05, 4.69) is 21.2 Å². The lowest BCUT2D eigenvalue weighted by Gasteiger charge is -2.14. The van der Waals surface area contributed by atoms with E-state index in [0.717, 1.165) is 17.7 Å². The van der Waals surface area contributed by atoms with Crippen LogP contribution in [-0.2, 0) is 11.3 Å². The number of hydrogen-bond donors (Lipinski definition) is 2. The van der Waals surface area contributed by atoms with Gasteiger partial charge in [0, 0.05) is 23.2 Å². The topological polar surface area (TPSA) is 84.6 Å². The summed E-state index contributed by atoms with van der Waals surface area (Å²) in [6, 6.07) is 10.8. The van der Waals surface area contributed by atoms with Gasteiger partial charge in [-0.2, -0.15) is 4.39 Å². The molecule has 0 aliphatic carbocycles. The van der Waals surface area contributed by atoms with Crippen LogP contribution in [0.2, 0.25) is 0 Å². The van der Waals surface area contributed by atoms with E-state index < -0.39 is 29.1 Å². The van der Waals surface area contributed by atoms with E-state index >= 15 is 0 Å². The summed E-state index contributed by atoms with van der Waals surface area (Å²) in [4.78, 5) is 9.84. The largest absolute Gasteiger partial charge is 0.389 e. The molecule has 2 aromatic rings. The van der Waals surface area contributed by atoms with Crippen LogP contribution in [-0.4, -0.2) is 29.2 Å². The predicted octanol–water partition coefficient (Wildman–Crippen LogP) is 3.49. The Labute approximate surface area is 149 Å². The Morgan fingerprint density at radius 2 is 2.12 bits per heavy atom. The van der Waals surface area contributed by atoms with Crippen LogP contribution in [0.4, 0.5) is 15.8 Å². The van der Waals surface area contributed by atoms with Crippen LogP contribution >= 0.6 is 15.9 Å². The monoisotopic (exact) mass is 400 g/mol. The van der Waals surface area contributed by atoms with Gasteiger partial charge in [0.2, 0.25) is 5.82 Å². The van der Waals surface area contributed by atoms with Gasteiger partial charge in [0.05, 0.1) is 32.6 Å². The molecule has 2 N–H and O–H groups in total. The average molecular weight is 401 g/mol. The highest BCUT2D eigenvalue weighted by atomic mass is 79.9. The molecule has 0 aliphatic heterocycles. The minimum absolute atomic E-state index is 0.0270. The lowest BCUT2D eigenvalue weighted by Crippen LogP contribution is -2.25. The van der Waals surface area contributed by atoms with Gasteiger partial charge in [-0.1, -0.05) is 30.3 Å². The third-order valence-electron chi connectivity index (χ3n) is 3.02. The molecule has 0 spiro atoms. The van der Waals surface area contributed by atoms with Gasteiger partial charge < -0.3 is 15.2 Å². The van der Waals surface area contributed by atoms with Crippen molar-refractivity contribution < 1.29 is 21.9 Å². The third kappa shape index (κ3) is 5.26. The molecule has 0 heterocycles. The molecule has 0 fully saturated rings. The Morgan fingerprint density at radius 3 is 2.79 bits per heavy atom. The predicted molar refractivity (Wildman–Crippen MR) is 91.3 cm³/mol. The molecule has 24 heavy (non-hydrogen) atoms. The number of hydrogen-bond acceptors (Lipinski definition) is 5. The Kier molecular flexibility index (Phi) is 5.63. The van der Waals surface area contributed by atoms with Gasteiger partial charge in [-0.15, -0.1) is 0 Å². The zero-order valence-corrected chi connectivity index (χ0v) is 14.0. The van der Waals surface area contributed by atoms with E-state index in [1.54, 1.807) is 24.3 Å². The Bertz CT molecular complexity index is 780. The summed E-state index contributed by atoms with van der Waals surface area (Å²) in [5.74, 6) is -1.04. The molecule has 0 saturated carbocycles. The Hall–Kier alpha value is -2.03. The normalized spacial score (nSPS) is 13.8. The SMILES string of the molecule is [2H]C([2H])(OCc1ccccc1)C(O)CNc1cc(F)c([N+](=O)[O-])cc1Br. The first-order chi connectivity index (χ1) is 12.2. The molecule has 0 amide bonds. The van der Waals surface area contributed by atoms with E-state index in [1.807, 2.05) is 6.07 Å². The van der Waals surface area contributed by atoms with Crippen molar-refractivity contribution in [2.45, 2.75) is 12.7 Å². The molecule has 8 heteroatoms. The molecular formula is C16H16BrFN2O4. The number of nitrogens with zero attached hydrogens (tertiary/aromatic N) is 1. The molecule has 1 atom stereocenters. The van der Waals surface area contributed by atoms with E-state index in [4.69, 9.17) is 7.48 Å². The molecule has 2 rings (SSSR count). The molecule has 0 aromatic heterocycles. The van der Waals surface area contributed by atoms with Crippen molar-refractivity contribution in [3.8, 4) is 0 Å². The molecule has 128 valence electrons. The van der Waals surface area contributed by atoms with Crippen molar-refractivity contribution in [2.24, 2.45) is 0 Å². The van der Waals surface area contributed by atoms with Crippen LogP contribution in [0.25, 0.3) is 0 Å². The molecule has 0 bridgehead atoms. The Balaban J connectivity index is 1.97. The summed E-state index contributed by atoms with van der Waals surface area (Å²) in [6.07, 6.45) is -1.56. The van der Waals surface area contributed by atoms with E-state index in [1.165, 1.54) is 0 Å². The highest BCUT2D eigenvalue weighted by Gasteiger charge is 2.17. The van der Waals surface area contributed by atoms with Crippen molar-refractivity contribution in [3.63, 3.8) is 0 Å². The van der Waals surface area contributed by atoms with Crippen molar-refractivity contribution in [3.05, 3.63) is 68.4 Å². The fraction of sp³-hybridized carbons (Fsp3) is 0.250. The smallest absolute Gasteiger partial charge is 0.306 e. The maximum Gasteiger partial charge on any atom is 0.306 e. The lowest BCUT2D eigenvalue weighted by atomic mass is 10.2. The average Bonchev–Trinajstić information content (AvgIpc) is 2.60. The van der Waals surface area contributed by atoms with E-state index in [0.29, 0.717) is 0 Å². The van der Waals surface area contributed by atoms with E-state index in [-0.39, 0.29) is 23.3 Å². The van der Waals surface area contributed by atoms with Crippen molar-refractivity contribution in [1.82, 2.24) is 0 Å². The third-order valence-corrected chi connectivity index (χ3v) is 3.68. The molecule has 2 aromatic carbocycles. The van der Waals surface area contributed by atoms with Gasteiger partial charge in [-0.25, -0.2) is 0 Å². The quantitative estimate of drug-likeness (QED) is 0.523. The summed E-state index contributed by atoms with van der Waals surface area (Å²) >= 11 is 3.07. The molecule has 0 radical (unpaired) electrons. The molecule has 0 aliphatic rings. The van der Waals surface area contributed by atoms with Gasteiger partial charge in [-0.3, -0.25) is 10.1 Å². The maximum absolute atomic E-state index is 13.7. The number of anilines is 1. The second-order valence-corrected chi connectivity index (χ2v) is 5.68. The minimum Gasteiger partial charge on any atom is -0.389 e. The van der Waals surface area contributed by atoms with Crippen molar-refractivity contribution >= 4 is 27.3 Å². The second kappa shape index (κ2) is 8.72. The molecule has 1 unspecified atom stereocenters. The summed E-state index contributed by atoms with van der Waals surface area (Å²) < 4.78 is 34.7. The molecular weight excluding hydrogens is 383 g/mol. The summed E-state index contributed by atoms with van der Waals surface area (Å²) in [7, 11) is 0. The van der Waals surface area contributed by atoms with Gasteiger partial charge in [-0.05, 0) is 21.5 Å². The van der Waals surface area contributed by atoms with Crippen molar-refractivity contribution in [1.29, 1.82) is 0 Å². The second-order valence-electron chi connectivity index (χ2n) is 4.83. The van der Waals surface area contributed by atoms with Crippen LogP contribution in [0, 0.1) is 15.9 Å². The number of aliphatic hydroxyl groups is 1. The number of nitro benzene ring substituents is 1. The zero-order chi connectivity index (χ0) is 19.3. The van der Waals surface area contributed by atoms with Crippen LogP contribution in [0.3, 0.4) is 0 Å². The first-order valence-corrected chi connectivity index (χ1v) is 7.73. The summed E-state index contributed by atoms with van der Waals surface area (Å²) in [6.45, 7) is -2.67. The Morgan fingerprint density at radius 1 is 1.42 bits per heavy atom. The van der Waals surface area contributed by atoms with Gasteiger partial charge in [0.1, 0.15) is 0 Å². The van der Waals surface area contributed by atoms with Crippen LogP contribution < -0.4 is 5.32 Å². The fourth-order valence-electron chi connectivity index (χ4n) is 1.86. The lowest BCUT2D eigenvalue weighted by molar-refractivity contribution is -0.387. The summed E-state index contributed by atoms with van der Waals surface area (Å²) in [5.41, 5.74) is 0.201. The standard InChI is InChI=1S/C16H16BrFN2O4/c17-13-6-16(20(22)23)14(18)7-15(13)19-8-12(21)10-24-9-11-4-2-1-3-5-11/h1-7,12,19,21H,8-10H2/i10D2. The number of ether oxygens (including phenoxy) is 1. The first kappa shape index (κ1) is 15.5. The van der Waals surface area contributed by atoms with Crippen LogP contribution in [0.1, 0.15) is 8.30 Å². The van der Waals surface area contributed by atoms with Gasteiger partial charge in [0.15, 0.2) is 0 Å². The molecule has 0 saturated heterocycles. The number of aliphatic hydroxyl groups excluding tert-OH is 1. The number of benzene rings is 2. The first-order valence-electron chi connectivity index (χ1n) is 7.94. The summed E-state index contributed by atoms with van der Waals surface area (Å²) in [5, 5.41) is 23.4. The number of rotatable bonds is 8.